The number of para-hydroxylation sites is 2. The van der Waals surface area contributed by atoms with Crippen LogP contribution in [0.4, 0.5) is 0 Å². The van der Waals surface area contributed by atoms with Crippen molar-refractivity contribution in [3.8, 4) is 0 Å². The molecule has 0 N–H and O–H groups in total. The van der Waals surface area contributed by atoms with E-state index in [-0.39, 0.29) is 5.97 Å². The summed E-state index contributed by atoms with van der Waals surface area (Å²) in [6.07, 6.45) is 3.94. The summed E-state index contributed by atoms with van der Waals surface area (Å²) in [5.41, 5.74) is 4.28. The molecule has 0 fully saturated rings. The summed E-state index contributed by atoms with van der Waals surface area (Å²) in [6.45, 7) is 4.08. The Morgan fingerprint density at radius 1 is 1.09 bits per heavy atom. The number of carbonyl (C=O) groups excluding carboxylic acids is 1. The fourth-order valence-electron chi connectivity index (χ4n) is 2.43. The highest BCUT2D eigenvalue weighted by Crippen LogP contribution is 2.23. The summed E-state index contributed by atoms with van der Waals surface area (Å²) < 4.78 is 5.11. The average Bonchev–Trinajstić information content (AvgIpc) is 2.53. The first-order valence-electron chi connectivity index (χ1n) is 7.24. The van der Waals surface area contributed by atoms with Crippen LogP contribution in [0.1, 0.15) is 29.8 Å². The molecular weight excluding hydrogens is 276 g/mol. The second-order valence-electron chi connectivity index (χ2n) is 4.83. The Balaban J connectivity index is 2.32. The largest absolute Gasteiger partial charge is 0.462 e. The van der Waals surface area contributed by atoms with Crippen LogP contribution in [-0.2, 0) is 4.74 Å². The normalized spacial score (nSPS) is 11.4. The van der Waals surface area contributed by atoms with Gasteiger partial charge < -0.3 is 4.74 Å². The molecule has 4 heteroatoms. The molecule has 0 saturated heterocycles. The fraction of sp³-hybridized carbons (Fsp3) is 0.167. The van der Waals surface area contributed by atoms with Crippen molar-refractivity contribution < 1.29 is 9.53 Å². The van der Waals surface area contributed by atoms with E-state index in [2.05, 4.69) is 9.97 Å². The van der Waals surface area contributed by atoms with Crippen LogP contribution < -0.4 is 0 Å². The molecule has 0 aliphatic rings. The van der Waals surface area contributed by atoms with E-state index in [1.54, 1.807) is 19.1 Å². The second-order valence-corrected chi connectivity index (χ2v) is 4.83. The molecule has 2 aromatic carbocycles. The molecular formula is C18H16N2O2. The van der Waals surface area contributed by atoms with Gasteiger partial charge >= 0.3 is 5.97 Å². The first-order valence-corrected chi connectivity index (χ1v) is 7.24. The van der Waals surface area contributed by atoms with Crippen molar-refractivity contribution in [1.82, 2.24) is 9.97 Å². The van der Waals surface area contributed by atoms with E-state index in [9.17, 15) is 4.79 Å². The zero-order valence-corrected chi connectivity index (χ0v) is 12.5. The Hall–Kier alpha value is -2.75. The van der Waals surface area contributed by atoms with Gasteiger partial charge in [-0.2, -0.15) is 0 Å². The van der Waals surface area contributed by atoms with E-state index in [0.717, 1.165) is 16.6 Å². The van der Waals surface area contributed by atoms with Gasteiger partial charge in [0.1, 0.15) is 5.52 Å². The van der Waals surface area contributed by atoms with E-state index in [0.29, 0.717) is 23.2 Å². The van der Waals surface area contributed by atoms with Gasteiger partial charge in [0.2, 0.25) is 0 Å². The number of aromatic nitrogens is 2. The van der Waals surface area contributed by atoms with Crippen LogP contribution in [0.2, 0.25) is 0 Å². The first-order chi connectivity index (χ1) is 10.7. The van der Waals surface area contributed by atoms with Crippen LogP contribution in [0, 0.1) is 0 Å². The maximum Gasteiger partial charge on any atom is 0.340 e. The van der Waals surface area contributed by atoms with E-state index in [1.165, 1.54) is 0 Å². The van der Waals surface area contributed by atoms with Gasteiger partial charge in [-0.3, -0.25) is 0 Å². The quantitative estimate of drug-likeness (QED) is 0.541. The van der Waals surface area contributed by atoms with Crippen LogP contribution in [-0.4, -0.2) is 22.5 Å². The van der Waals surface area contributed by atoms with Crippen LogP contribution in [0.15, 0.2) is 42.5 Å². The number of nitrogens with zero attached hydrogens (tertiary/aromatic N) is 2. The van der Waals surface area contributed by atoms with Crippen LogP contribution in [0.25, 0.3) is 28.1 Å². The molecule has 0 radical (unpaired) electrons. The average molecular weight is 292 g/mol. The Kier molecular flexibility index (Phi) is 3.83. The maximum absolute atomic E-state index is 12.1. The molecule has 4 nitrogen and oxygen atoms in total. The zero-order valence-electron chi connectivity index (χ0n) is 12.5. The van der Waals surface area contributed by atoms with Crippen molar-refractivity contribution in [2.75, 3.05) is 6.61 Å². The van der Waals surface area contributed by atoms with Crippen LogP contribution >= 0.6 is 0 Å². The predicted molar refractivity (Wildman–Crippen MR) is 87.7 cm³/mol. The Morgan fingerprint density at radius 3 is 2.55 bits per heavy atom. The molecule has 0 aliphatic carbocycles. The summed E-state index contributed by atoms with van der Waals surface area (Å²) in [5, 5.41) is 0. The van der Waals surface area contributed by atoms with Crippen LogP contribution in [0.3, 0.4) is 0 Å². The number of fused-ring (bicyclic) bond motifs is 2. The number of esters is 1. The number of ether oxygens (including phenoxy) is 1. The van der Waals surface area contributed by atoms with Crippen molar-refractivity contribution in [3.63, 3.8) is 0 Å². The lowest BCUT2D eigenvalue weighted by molar-refractivity contribution is 0.0528. The number of allylic oxidation sites excluding steroid dienone is 1. The van der Waals surface area contributed by atoms with E-state index in [4.69, 9.17) is 4.74 Å². The Morgan fingerprint density at radius 2 is 1.82 bits per heavy atom. The lowest BCUT2D eigenvalue weighted by atomic mass is 10.1. The van der Waals surface area contributed by atoms with E-state index < -0.39 is 0 Å². The van der Waals surface area contributed by atoms with Gasteiger partial charge in [0, 0.05) is 5.56 Å². The van der Waals surface area contributed by atoms with Gasteiger partial charge in [-0.05, 0) is 32.0 Å². The molecule has 1 heterocycles. The summed E-state index contributed by atoms with van der Waals surface area (Å²) in [6, 6.07) is 11.2. The Labute approximate surface area is 128 Å². The van der Waals surface area contributed by atoms with E-state index >= 15 is 0 Å². The number of benzene rings is 2. The van der Waals surface area contributed by atoms with Crippen molar-refractivity contribution in [3.05, 3.63) is 53.6 Å². The zero-order chi connectivity index (χ0) is 15.5. The molecule has 1 aromatic heterocycles. The summed E-state index contributed by atoms with van der Waals surface area (Å²) >= 11 is 0. The number of rotatable bonds is 3. The SMILES string of the molecule is CC=Cc1cccc2nc3cccc(C(=O)OCC)c3nc12. The summed E-state index contributed by atoms with van der Waals surface area (Å²) in [5.74, 6) is -0.370. The molecule has 0 amide bonds. The number of hydrogen-bond acceptors (Lipinski definition) is 4. The van der Waals surface area contributed by atoms with Crippen molar-refractivity contribution in [1.29, 1.82) is 0 Å². The topological polar surface area (TPSA) is 52.1 Å². The minimum atomic E-state index is -0.370. The van der Waals surface area contributed by atoms with Crippen molar-refractivity contribution in [2.24, 2.45) is 0 Å². The van der Waals surface area contributed by atoms with Gasteiger partial charge in [0.15, 0.2) is 0 Å². The van der Waals surface area contributed by atoms with Gasteiger partial charge in [-0.25, -0.2) is 14.8 Å². The van der Waals surface area contributed by atoms with Crippen molar-refractivity contribution >= 4 is 34.1 Å². The molecule has 110 valence electrons. The Bertz CT molecular complexity index is 885. The highest BCUT2D eigenvalue weighted by molar-refractivity contribution is 6.04. The van der Waals surface area contributed by atoms with E-state index in [1.807, 2.05) is 43.3 Å². The van der Waals surface area contributed by atoms with Crippen molar-refractivity contribution in [2.45, 2.75) is 13.8 Å². The molecule has 0 saturated carbocycles. The lowest BCUT2D eigenvalue weighted by Crippen LogP contribution is -2.06. The third kappa shape index (κ3) is 2.44. The predicted octanol–water partition coefficient (Wildman–Crippen LogP) is 3.99. The van der Waals surface area contributed by atoms with Gasteiger partial charge in [-0.1, -0.05) is 30.4 Å². The van der Waals surface area contributed by atoms with Crippen LogP contribution in [0.5, 0.6) is 0 Å². The fourth-order valence-corrected chi connectivity index (χ4v) is 2.43. The molecule has 22 heavy (non-hydrogen) atoms. The molecule has 3 aromatic rings. The third-order valence-corrected chi connectivity index (χ3v) is 3.37. The standard InChI is InChI=1S/C18H16N2O2/c1-3-7-12-8-5-10-14-16(12)20-17-13(18(21)22-4-2)9-6-11-15(17)19-14/h3,5-11H,4H2,1-2H3. The van der Waals surface area contributed by atoms with Gasteiger partial charge in [0.05, 0.1) is 28.7 Å². The minimum absolute atomic E-state index is 0.333. The lowest BCUT2D eigenvalue weighted by Gasteiger charge is -2.07. The molecule has 0 aliphatic heterocycles. The number of carbonyl (C=O) groups is 1. The molecule has 0 unspecified atom stereocenters. The highest BCUT2D eigenvalue weighted by Gasteiger charge is 2.14. The second kappa shape index (κ2) is 5.93. The monoisotopic (exact) mass is 292 g/mol. The van der Waals surface area contributed by atoms with Gasteiger partial charge in [0.25, 0.3) is 0 Å². The smallest absolute Gasteiger partial charge is 0.340 e. The molecule has 0 atom stereocenters. The molecule has 0 bridgehead atoms. The third-order valence-electron chi connectivity index (χ3n) is 3.37. The highest BCUT2D eigenvalue weighted by atomic mass is 16.5. The summed E-state index contributed by atoms with van der Waals surface area (Å²) in [7, 11) is 0. The van der Waals surface area contributed by atoms with Gasteiger partial charge in [-0.15, -0.1) is 0 Å². The summed E-state index contributed by atoms with van der Waals surface area (Å²) in [4.78, 5) is 21.4. The molecule has 0 spiro atoms. The maximum atomic E-state index is 12.1. The molecule has 3 rings (SSSR count). The number of hydrogen-bond donors (Lipinski definition) is 0. The first kappa shape index (κ1) is 14.2. The minimum Gasteiger partial charge on any atom is -0.462 e.